The lowest BCUT2D eigenvalue weighted by Crippen LogP contribution is -2.04. The third-order valence-electron chi connectivity index (χ3n) is 2.34. The fourth-order valence-corrected chi connectivity index (χ4v) is 1.20. The molecular weight excluding hydrogens is 274 g/mol. The minimum absolute atomic E-state index is 0.0593. The number of benzene rings is 1. The van der Waals surface area contributed by atoms with Crippen molar-refractivity contribution in [3.8, 4) is 6.07 Å². The average molecular weight is 301 g/mol. The Morgan fingerprint density at radius 2 is 1.82 bits per heavy atom. The maximum absolute atomic E-state index is 10.7. The topological polar surface area (TPSA) is 50.1 Å². The van der Waals surface area contributed by atoms with Crippen molar-refractivity contribution in [3.05, 3.63) is 55.1 Å². The molecule has 0 radical (unpaired) electrons. The van der Waals surface area contributed by atoms with Gasteiger partial charge in [0, 0.05) is 12.5 Å². The Morgan fingerprint density at radius 3 is 2.18 bits per heavy atom. The molecule has 0 spiro atoms. The molecule has 3 heteroatoms. The van der Waals surface area contributed by atoms with E-state index in [1.54, 1.807) is 6.07 Å². The number of nitrogens with zero attached hydrogens (tertiary/aromatic N) is 1. The van der Waals surface area contributed by atoms with Gasteiger partial charge in [0.1, 0.15) is 0 Å². The van der Waals surface area contributed by atoms with Crippen molar-refractivity contribution in [2.45, 2.75) is 39.5 Å². The lowest BCUT2D eigenvalue weighted by molar-refractivity contribution is -0.143. The van der Waals surface area contributed by atoms with Gasteiger partial charge in [-0.2, -0.15) is 5.26 Å². The van der Waals surface area contributed by atoms with Crippen LogP contribution in [-0.2, 0) is 9.53 Å². The van der Waals surface area contributed by atoms with Crippen LogP contribution in [-0.4, -0.2) is 12.6 Å². The summed E-state index contributed by atoms with van der Waals surface area (Å²) in [5.41, 5.74) is 1.17. The summed E-state index contributed by atoms with van der Waals surface area (Å²) < 4.78 is 4.88. The van der Waals surface area contributed by atoms with Gasteiger partial charge in [-0.15, -0.1) is 0 Å². The fraction of sp³-hybridized carbons (Fsp3) is 0.368. The molecular formula is C19H27NO2. The third kappa shape index (κ3) is 17.7. The van der Waals surface area contributed by atoms with Crippen molar-refractivity contribution in [1.82, 2.24) is 0 Å². The van der Waals surface area contributed by atoms with Crippen LogP contribution in [0.2, 0.25) is 0 Å². The zero-order chi connectivity index (χ0) is 17.1. The summed E-state index contributed by atoms with van der Waals surface area (Å²) in [4.78, 5) is 10.7. The van der Waals surface area contributed by atoms with Crippen LogP contribution in [0.25, 0.3) is 6.08 Å². The summed E-state index contributed by atoms with van der Waals surface area (Å²) in [6.45, 7) is 11.4. The van der Waals surface area contributed by atoms with Gasteiger partial charge in [-0.1, -0.05) is 69.8 Å². The Labute approximate surface area is 134 Å². The van der Waals surface area contributed by atoms with Crippen LogP contribution in [0.4, 0.5) is 0 Å². The number of carbonyl (C=O) groups excluding carboxylic acids is 1. The molecule has 1 rings (SSSR count). The Morgan fingerprint density at radius 1 is 1.23 bits per heavy atom. The largest absolute Gasteiger partial charge is 0.466 e. The summed E-state index contributed by atoms with van der Waals surface area (Å²) in [7, 11) is 0. The zero-order valence-corrected chi connectivity index (χ0v) is 13.8. The number of unbranched alkanes of at least 4 members (excludes halogenated alkanes) is 1. The Kier molecular flexibility index (Phi) is 18.6. The van der Waals surface area contributed by atoms with E-state index in [-0.39, 0.29) is 5.97 Å². The number of rotatable bonds is 6. The molecule has 3 nitrogen and oxygen atoms in total. The quantitative estimate of drug-likeness (QED) is 0.414. The predicted octanol–water partition coefficient (Wildman–Crippen LogP) is 5.16. The number of hydrogen-bond acceptors (Lipinski definition) is 3. The van der Waals surface area contributed by atoms with E-state index in [0.717, 1.165) is 19.3 Å². The summed E-state index contributed by atoms with van der Waals surface area (Å²) in [6.07, 6.45) is 6.52. The summed E-state index contributed by atoms with van der Waals surface area (Å²) in [5, 5.41) is 7.51. The molecule has 0 saturated carbocycles. The molecule has 0 N–H and O–H groups in total. The van der Waals surface area contributed by atoms with Gasteiger partial charge in [-0.25, -0.2) is 0 Å². The molecule has 0 aromatic heterocycles. The van der Waals surface area contributed by atoms with E-state index < -0.39 is 0 Å². The Balaban J connectivity index is 0. The minimum atomic E-state index is -0.0593. The first-order valence-electron chi connectivity index (χ1n) is 7.49. The van der Waals surface area contributed by atoms with E-state index in [2.05, 4.69) is 20.1 Å². The van der Waals surface area contributed by atoms with Gasteiger partial charge >= 0.3 is 5.97 Å². The van der Waals surface area contributed by atoms with Crippen molar-refractivity contribution >= 4 is 12.0 Å². The number of hydrogen-bond donors (Lipinski definition) is 0. The molecule has 0 fully saturated rings. The first-order valence-corrected chi connectivity index (χ1v) is 7.49. The average Bonchev–Trinajstić information content (AvgIpc) is 2.57. The van der Waals surface area contributed by atoms with Gasteiger partial charge < -0.3 is 4.74 Å². The van der Waals surface area contributed by atoms with Crippen molar-refractivity contribution in [2.24, 2.45) is 0 Å². The molecule has 1 aromatic carbocycles. The Bertz CT molecular complexity index is 432. The Hall–Kier alpha value is -2.34. The highest BCUT2D eigenvalue weighted by Gasteiger charge is 1.97. The zero-order valence-electron chi connectivity index (χ0n) is 13.8. The molecule has 0 saturated heterocycles. The second-order valence-corrected chi connectivity index (χ2v) is 4.27. The van der Waals surface area contributed by atoms with E-state index in [4.69, 9.17) is 10.00 Å². The highest BCUT2D eigenvalue weighted by Crippen LogP contribution is 1.97. The van der Waals surface area contributed by atoms with Crippen molar-refractivity contribution in [3.63, 3.8) is 0 Å². The van der Waals surface area contributed by atoms with Crippen LogP contribution in [0.15, 0.2) is 49.6 Å². The van der Waals surface area contributed by atoms with Crippen molar-refractivity contribution < 1.29 is 9.53 Å². The van der Waals surface area contributed by atoms with Crippen LogP contribution in [0.5, 0.6) is 0 Å². The van der Waals surface area contributed by atoms with E-state index in [1.165, 1.54) is 11.6 Å². The van der Waals surface area contributed by atoms with Gasteiger partial charge in [0.15, 0.2) is 0 Å². The molecule has 22 heavy (non-hydrogen) atoms. The molecule has 0 atom stereocenters. The predicted molar refractivity (Wildman–Crippen MR) is 93.1 cm³/mol. The molecule has 0 aliphatic rings. The normalized spacial score (nSPS) is 8.05. The van der Waals surface area contributed by atoms with E-state index in [0.29, 0.717) is 13.0 Å². The SMILES string of the molecule is C=CC#N.C=Cc1ccccc1.CCCCOC(=O)CCC. The summed E-state index contributed by atoms with van der Waals surface area (Å²) >= 11 is 0. The van der Waals surface area contributed by atoms with Gasteiger partial charge in [0.2, 0.25) is 0 Å². The summed E-state index contributed by atoms with van der Waals surface area (Å²) in [5.74, 6) is -0.0593. The van der Waals surface area contributed by atoms with E-state index >= 15 is 0 Å². The molecule has 0 unspecified atom stereocenters. The number of ether oxygens (including phenoxy) is 1. The van der Waals surface area contributed by atoms with Crippen LogP contribution in [0.3, 0.4) is 0 Å². The second kappa shape index (κ2) is 18.7. The second-order valence-electron chi connectivity index (χ2n) is 4.27. The summed E-state index contributed by atoms with van der Waals surface area (Å²) in [6, 6.07) is 11.7. The first kappa shape index (κ1) is 21.9. The van der Waals surface area contributed by atoms with E-state index in [1.807, 2.05) is 43.3 Å². The monoisotopic (exact) mass is 301 g/mol. The molecule has 0 amide bonds. The molecule has 0 aliphatic heterocycles. The number of esters is 1. The highest BCUT2D eigenvalue weighted by molar-refractivity contribution is 5.69. The molecule has 120 valence electrons. The van der Waals surface area contributed by atoms with Crippen LogP contribution in [0, 0.1) is 11.3 Å². The van der Waals surface area contributed by atoms with Crippen molar-refractivity contribution in [1.29, 1.82) is 5.26 Å². The smallest absolute Gasteiger partial charge is 0.305 e. The highest BCUT2D eigenvalue weighted by atomic mass is 16.5. The number of carbonyl (C=O) groups is 1. The lowest BCUT2D eigenvalue weighted by atomic mass is 10.2. The standard InChI is InChI=1S/C8H16O2.C8H8.C3H3N/c1-3-5-7-10-8(9)6-4-2;1-2-8-6-4-3-5-7-8;1-2-3-4/h3-7H2,1-2H3;2-7H,1H2;2H,1H2. The van der Waals surface area contributed by atoms with Crippen molar-refractivity contribution in [2.75, 3.05) is 6.61 Å². The van der Waals surface area contributed by atoms with Crippen LogP contribution in [0.1, 0.15) is 45.1 Å². The van der Waals surface area contributed by atoms with Crippen LogP contribution < -0.4 is 0 Å². The number of allylic oxidation sites excluding steroid dienone is 1. The van der Waals surface area contributed by atoms with Gasteiger partial charge in [-0.3, -0.25) is 4.79 Å². The lowest BCUT2D eigenvalue weighted by Gasteiger charge is -2.00. The molecule has 0 heterocycles. The van der Waals surface area contributed by atoms with Gasteiger partial charge in [0.05, 0.1) is 12.7 Å². The first-order chi connectivity index (χ1) is 10.7. The molecule has 0 aliphatic carbocycles. The molecule has 0 bridgehead atoms. The maximum atomic E-state index is 10.7. The fourth-order valence-electron chi connectivity index (χ4n) is 1.20. The number of nitriles is 1. The van der Waals surface area contributed by atoms with Gasteiger partial charge in [-0.05, 0) is 18.4 Å². The minimum Gasteiger partial charge on any atom is -0.466 e. The third-order valence-corrected chi connectivity index (χ3v) is 2.34. The maximum Gasteiger partial charge on any atom is 0.305 e. The van der Waals surface area contributed by atoms with Gasteiger partial charge in [0.25, 0.3) is 0 Å². The molecule has 1 aromatic rings. The van der Waals surface area contributed by atoms with E-state index in [9.17, 15) is 4.79 Å². The van der Waals surface area contributed by atoms with Crippen LogP contribution >= 0.6 is 0 Å².